The van der Waals surface area contributed by atoms with Crippen molar-refractivity contribution in [2.75, 3.05) is 28.4 Å². The lowest BCUT2D eigenvalue weighted by atomic mass is 10.2. The Bertz CT molecular complexity index is 201. The summed E-state index contributed by atoms with van der Waals surface area (Å²) in [6.07, 6.45) is 2.42. The second-order valence-corrected chi connectivity index (χ2v) is 2.81. The van der Waals surface area contributed by atoms with E-state index in [-0.39, 0.29) is 0 Å². The molecule has 5 heteroatoms. The minimum Gasteiger partial charge on any atom is -0.352 e. The lowest BCUT2D eigenvalue weighted by Gasteiger charge is -2.32. The number of methoxy groups -OCH3 is 4. The quantitative estimate of drug-likeness (QED) is 0.482. The molecule has 0 aromatic rings. The highest BCUT2D eigenvalue weighted by Gasteiger charge is 2.44. The van der Waals surface area contributed by atoms with Gasteiger partial charge in [0.15, 0.2) is 6.29 Å². The zero-order valence-corrected chi connectivity index (χ0v) is 8.85. The molecule has 1 aliphatic rings. The minimum atomic E-state index is -1.02. The first-order chi connectivity index (χ1) is 6.72. The van der Waals surface area contributed by atoms with Gasteiger partial charge < -0.3 is 23.7 Å². The molecule has 0 spiro atoms. The van der Waals surface area contributed by atoms with Crippen molar-refractivity contribution >= 4 is 0 Å². The Morgan fingerprint density at radius 1 is 1.21 bits per heavy atom. The minimum absolute atomic E-state index is 0.428. The van der Waals surface area contributed by atoms with E-state index in [0.717, 1.165) is 0 Å². The van der Waals surface area contributed by atoms with Gasteiger partial charge in [-0.25, -0.2) is 0 Å². The molecule has 0 saturated heterocycles. The average molecular weight is 204 g/mol. The molecule has 0 N–H and O–H groups in total. The van der Waals surface area contributed by atoms with E-state index in [2.05, 4.69) is 0 Å². The predicted molar refractivity (Wildman–Crippen MR) is 48.6 cm³/mol. The van der Waals surface area contributed by atoms with Crippen LogP contribution in [0.3, 0.4) is 0 Å². The molecule has 14 heavy (non-hydrogen) atoms. The van der Waals surface area contributed by atoms with Gasteiger partial charge in [0, 0.05) is 28.4 Å². The zero-order valence-electron chi connectivity index (χ0n) is 8.85. The molecular formula is C9H16O5. The molecular weight excluding hydrogens is 188 g/mol. The van der Waals surface area contributed by atoms with Crippen molar-refractivity contribution in [3.63, 3.8) is 0 Å². The van der Waals surface area contributed by atoms with Crippen LogP contribution in [0.2, 0.25) is 0 Å². The second kappa shape index (κ2) is 4.86. The van der Waals surface area contributed by atoms with Crippen LogP contribution in [-0.2, 0) is 23.7 Å². The molecule has 0 unspecified atom stereocenters. The van der Waals surface area contributed by atoms with E-state index >= 15 is 0 Å². The maximum absolute atomic E-state index is 5.49. The van der Waals surface area contributed by atoms with E-state index < -0.39 is 18.4 Å². The van der Waals surface area contributed by atoms with Gasteiger partial charge >= 0.3 is 0 Å². The van der Waals surface area contributed by atoms with Crippen molar-refractivity contribution in [2.24, 2.45) is 0 Å². The maximum Gasteiger partial charge on any atom is 0.243 e. The summed E-state index contributed by atoms with van der Waals surface area (Å²) in [6, 6.07) is 0. The Balaban J connectivity index is 2.74. The fourth-order valence-electron chi connectivity index (χ4n) is 1.37. The van der Waals surface area contributed by atoms with E-state index in [1.165, 1.54) is 21.3 Å². The average Bonchev–Trinajstić information content (AvgIpc) is 2.65. The van der Waals surface area contributed by atoms with Crippen LogP contribution >= 0.6 is 0 Å². The molecule has 82 valence electrons. The van der Waals surface area contributed by atoms with Gasteiger partial charge in [0.1, 0.15) is 0 Å². The molecule has 1 heterocycles. The highest BCUT2D eigenvalue weighted by molar-refractivity contribution is 5.06. The van der Waals surface area contributed by atoms with Crippen molar-refractivity contribution in [1.82, 2.24) is 0 Å². The maximum atomic E-state index is 5.49. The van der Waals surface area contributed by atoms with Crippen molar-refractivity contribution in [3.05, 3.63) is 12.2 Å². The van der Waals surface area contributed by atoms with Crippen LogP contribution in [0.1, 0.15) is 0 Å². The molecule has 0 aliphatic carbocycles. The molecule has 0 fully saturated rings. The molecule has 2 atom stereocenters. The number of ether oxygens (including phenoxy) is 5. The van der Waals surface area contributed by atoms with Crippen LogP contribution in [0.25, 0.3) is 0 Å². The highest BCUT2D eigenvalue weighted by Crippen LogP contribution is 2.29. The summed E-state index contributed by atoms with van der Waals surface area (Å²) in [5.74, 6) is -1.02. The Morgan fingerprint density at radius 2 is 1.86 bits per heavy atom. The van der Waals surface area contributed by atoms with Crippen LogP contribution in [0.5, 0.6) is 0 Å². The summed E-state index contributed by atoms with van der Waals surface area (Å²) in [5, 5.41) is 0. The van der Waals surface area contributed by atoms with E-state index in [0.29, 0.717) is 0 Å². The summed E-state index contributed by atoms with van der Waals surface area (Å²) in [4.78, 5) is 0. The lowest BCUT2D eigenvalue weighted by molar-refractivity contribution is -0.332. The Morgan fingerprint density at radius 3 is 2.21 bits per heavy atom. The predicted octanol–water partition coefficient (Wildman–Crippen LogP) is 0.507. The third-order valence-corrected chi connectivity index (χ3v) is 2.09. The number of rotatable bonds is 5. The number of hydrogen-bond donors (Lipinski definition) is 0. The Hall–Kier alpha value is -0.460. The zero-order chi connectivity index (χ0) is 10.6. The van der Waals surface area contributed by atoms with E-state index in [9.17, 15) is 0 Å². The lowest BCUT2D eigenvalue weighted by Crippen LogP contribution is -2.46. The van der Waals surface area contributed by atoms with Gasteiger partial charge in [-0.05, 0) is 12.2 Å². The SMILES string of the molecule is COC(OC)[C@]1(OC)C=C[C@@H](OC)O1. The molecule has 0 bridgehead atoms. The van der Waals surface area contributed by atoms with Crippen molar-refractivity contribution < 1.29 is 23.7 Å². The summed E-state index contributed by atoms with van der Waals surface area (Å²) in [5.41, 5.74) is 0. The van der Waals surface area contributed by atoms with E-state index in [1.807, 2.05) is 0 Å². The first-order valence-electron chi connectivity index (χ1n) is 4.23. The normalized spacial score (nSPS) is 31.6. The van der Waals surface area contributed by atoms with Crippen LogP contribution in [0.15, 0.2) is 12.2 Å². The molecule has 0 aromatic heterocycles. The molecule has 0 aromatic carbocycles. The summed E-state index contributed by atoms with van der Waals surface area (Å²) < 4.78 is 25.9. The molecule has 0 saturated carbocycles. The number of hydrogen-bond acceptors (Lipinski definition) is 5. The molecule has 5 nitrogen and oxygen atoms in total. The first kappa shape index (κ1) is 11.6. The summed E-state index contributed by atoms with van der Waals surface area (Å²) in [6.45, 7) is 0. The second-order valence-electron chi connectivity index (χ2n) is 2.81. The third-order valence-electron chi connectivity index (χ3n) is 2.09. The Labute approximate surface area is 83.5 Å². The van der Waals surface area contributed by atoms with Crippen LogP contribution < -0.4 is 0 Å². The van der Waals surface area contributed by atoms with Gasteiger partial charge in [-0.2, -0.15) is 0 Å². The summed E-state index contributed by atoms with van der Waals surface area (Å²) >= 11 is 0. The monoisotopic (exact) mass is 204 g/mol. The molecule has 1 rings (SSSR count). The van der Waals surface area contributed by atoms with Gasteiger partial charge in [-0.1, -0.05) is 0 Å². The highest BCUT2D eigenvalue weighted by atomic mass is 16.8. The van der Waals surface area contributed by atoms with Crippen LogP contribution in [-0.4, -0.2) is 46.8 Å². The smallest absolute Gasteiger partial charge is 0.243 e. The van der Waals surface area contributed by atoms with Crippen LogP contribution in [0.4, 0.5) is 0 Å². The molecule has 0 amide bonds. The van der Waals surface area contributed by atoms with Crippen molar-refractivity contribution in [1.29, 1.82) is 0 Å². The van der Waals surface area contributed by atoms with Gasteiger partial charge in [0.25, 0.3) is 0 Å². The molecule has 0 radical (unpaired) electrons. The van der Waals surface area contributed by atoms with Gasteiger partial charge in [0.05, 0.1) is 0 Å². The fraction of sp³-hybridized carbons (Fsp3) is 0.778. The van der Waals surface area contributed by atoms with Crippen molar-refractivity contribution in [3.8, 4) is 0 Å². The summed E-state index contributed by atoms with van der Waals surface area (Å²) in [7, 11) is 6.11. The van der Waals surface area contributed by atoms with Crippen molar-refractivity contribution in [2.45, 2.75) is 18.4 Å². The standard InChI is InChI=1S/C9H16O5/c1-10-7-5-6-9(13-4,14-7)8(11-2)12-3/h5-8H,1-4H3/t7-,9-/m0/s1. The van der Waals surface area contributed by atoms with Gasteiger partial charge in [0.2, 0.25) is 12.1 Å². The third kappa shape index (κ3) is 1.97. The van der Waals surface area contributed by atoms with Gasteiger partial charge in [-0.15, -0.1) is 0 Å². The fourth-order valence-corrected chi connectivity index (χ4v) is 1.37. The topological polar surface area (TPSA) is 46.2 Å². The largest absolute Gasteiger partial charge is 0.352 e. The van der Waals surface area contributed by atoms with Gasteiger partial charge in [-0.3, -0.25) is 0 Å². The Kier molecular flexibility index (Phi) is 4.03. The van der Waals surface area contributed by atoms with Crippen LogP contribution in [0, 0.1) is 0 Å². The van der Waals surface area contributed by atoms with E-state index in [4.69, 9.17) is 23.7 Å². The molecule has 1 aliphatic heterocycles. The first-order valence-corrected chi connectivity index (χ1v) is 4.23. The van der Waals surface area contributed by atoms with E-state index in [1.54, 1.807) is 19.3 Å².